The Bertz CT molecular complexity index is 633. The lowest BCUT2D eigenvalue weighted by molar-refractivity contribution is 0.137. The summed E-state index contributed by atoms with van der Waals surface area (Å²) < 4.78 is 28.0. The molecule has 0 saturated heterocycles. The standard InChI is InChI=1S/C21H31F2N3O/c1-2-24-20(25-14-21(11-12-27)9-4-3-5-10-21)26-18-13-15(18)19-16(22)7-6-8-17(19)23/h6-8,15,18,27H,2-5,9-14H2,1H3,(H2,24,25,26). The number of nitrogens with one attached hydrogen (secondary N) is 2. The number of guanidine groups is 1. The van der Waals surface area contributed by atoms with E-state index in [1.165, 1.54) is 37.5 Å². The van der Waals surface area contributed by atoms with E-state index in [1.54, 1.807) is 0 Å². The molecule has 0 radical (unpaired) electrons. The first kappa shape index (κ1) is 20.1. The van der Waals surface area contributed by atoms with E-state index >= 15 is 0 Å². The molecule has 0 spiro atoms. The van der Waals surface area contributed by atoms with Gasteiger partial charge in [-0.25, -0.2) is 8.78 Å². The van der Waals surface area contributed by atoms with Crippen LogP contribution in [-0.2, 0) is 0 Å². The Morgan fingerprint density at radius 1 is 1.22 bits per heavy atom. The topological polar surface area (TPSA) is 56.7 Å². The van der Waals surface area contributed by atoms with Crippen molar-refractivity contribution in [2.45, 2.75) is 63.8 Å². The van der Waals surface area contributed by atoms with Gasteiger partial charge in [-0.05, 0) is 50.2 Å². The summed E-state index contributed by atoms with van der Waals surface area (Å²) in [4.78, 5) is 4.78. The molecule has 3 N–H and O–H groups in total. The number of rotatable bonds is 7. The number of aliphatic hydroxyl groups excluding tert-OH is 1. The highest BCUT2D eigenvalue weighted by atomic mass is 19.1. The predicted octanol–water partition coefficient (Wildman–Crippen LogP) is 3.71. The molecule has 150 valence electrons. The van der Waals surface area contributed by atoms with Crippen molar-refractivity contribution < 1.29 is 13.9 Å². The Labute approximate surface area is 160 Å². The fraction of sp³-hybridized carbons (Fsp3) is 0.667. The summed E-state index contributed by atoms with van der Waals surface area (Å²) in [5.74, 6) is -0.411. The highest BCUT2D eigenvalue weighted by molar-refractivity contribution is 5.80. The van der Waals surface area contributed by atoms with E-state index in [2.05, 4.69) is 10.6 Å². The van der Waals surface area contributed by atoms with Crippen LogP contribution in [0.4, 0.5) is 8.78 Å². The minimum Gasteiger partial charge on any atom is -0.396 e. The Morgan fingerprint density at radius 2 is 1.93 bits per heavy atom. The van der Waals surface area contributed by atoms with Crippen LogP contribution in [0, 0.1) is 17.0 Å². The predicted molar refractivity (Wildman–Crippen MR) is 104 cm³/mol. The lowest BCUT2D eigenvalue weighted by Gasteiger charge is -2.35. The molecule has 0 amide bonds. The number of nitrogens with zero attached hydrogens (tertiary/aromatic N) is 1. The van der Waals surface area contributed by atoms with Gasteiger partial charge in [-0.3, -0.25) is 4.99 Å². The number of aliphatic hydroxyl groups is 1. The summed E-state index contributed by atoms with van der Waals surface area (Å²) in [5.41, 5.74) is 0.255. The number of aliphatic imine (C=N–C) groups is 1. The first-order valence-corrected chi connectivity index (χ1v) is 10.2. The van der Waals surface area contributed by atoms with Crippen molar-refractivity contribution in [3.05, 3.63) is 35.4 Å². The zero-order valence-electron chi connectivity index (χ0n) is 16.1. The van der Waals surface area contributed by atoms with Crippen LogP contribution in [-0.4, -0.2) is 36.8 Å². The van der Waals surface area contributed by atoms with Crippen LogP contribution in [0.1, 0.15) is 63.4 Å². The molecular formula is C21H31F2N3O. The average molecular weight is 379 g/mol. The molecule has 2 saturated carbocycles. The van der Waals surface area contributed by atoms with Gasteiger partial charge in [-0.2, -0.15) is 0 Å². The van der Waals surface area contributed by atoms with E-state index in [-0.39, 0.29) is 29.5 Å². The number of hydrogen-bond acceptors (Lipinski definition) is 2. The van der Waals surface area contributed by atoms with Crippen LogP contribution in [0.5, 0.6) is 0 Å². The molecule has 2 aliphatic rings. The van der Waals surface area contributed by atoms with Gasteiger partial charge in [0.25, 0.3) is 0 Å². The highest BCUT2D eigenvalue weighted by Gasteiger charge is 2.42. The minimum absolute atomic E-state index is 0.00523. The van der Waals surface area contributed by atoms with Gasteiger partial charge in [-0.1, -0.05) is 25.3 Å². The summed E-state index contributed by atoms with van der Waals surface area (Å²) in [6.07, 6.45) is 7.32. The van der Waals surface area contributed by atoms with Crippen LogP contribution in [0.3, 0.4) is 0 Å². The molecule has 3 rings (SSSR count). The Morgan fingerprint density at radius 3 is 2.56 bits per heavy atom. The van der Waals surface area contributed by atoms with E-state index in [1.807, 2.05) is 6.92 Å². The second-order valence-corrected chi connectivity index (χ2v) is 7.96. The molecule has 4 nitrogen and oxygen atoms in total. The normalized spacial score (nSPS) is 24.5. The fourth-order valence-electron chi connectivity index (χ4n) is 4.31. The average Bonchev–Trinajstić information content (AvgIpc) is 3.39. The summed E-state index contributed by atoms with van der Waals surface area (Å²) in [5, 5.41) is 16.0. The maximum Gasteiger partial charge on any atom is 0.191 e. The van der Waals surface area contributed by atoms with Gasteiger partial charge in [-0.15, -0.1) is 0 Å². The summed E-state index contributed by atoms with van der Waals surface area (Å²) in [7, 11) is 0. The van der Waals surface area contributed by atoms with Crippen molar-refractivity contribution in [3.63, 3.8) is 0 Å². The molecule has 2 fully saturated rings. The largest absolute Gasteiger partial charge is 0.396 e. The summed E-state index contributed by atoms with van der Waals surface area (Å²) in [6.45, 7) is 3.59. The summed E-state index contributed by atoms with van der Waals surface area (Å²) >= 11 is 0. The second-order valence-electron chi connectivity index (χ2n) is 7.96. The number of benzene rings is 1. The molecule has 2 unspecified atom stereocenters. The van der Waals surface area contributed by atoms with Crippen molar-refractivity contribution in [1.29, 1.82) is 0 Å². The van der Waals surface area contributed by atoms with Crippen LogP contribution in [0.15, 0.2) is 23.2 Å². The Hall–Kier alpha value is -1.69. The monoisotopic (exact) mass is 379 g/mol. The minimum atomic E-state index is -0.477. The molecule has 0 bridgehead atoms. The van der Waals surface area contributed by atoms with E-state index in [0.717, 1.165) is 25.8 Å². The van der Waals surface area contributed by atoms with Crippen molar-refractivity contribution >= 4 is 5.96 Å². The van der Waals surface area contributed by atoms with E-state index in [0.29, 0.717) is 18.9 Å². The van der Waals surface area contributed by atoms with E-state index in [4.69, 9.17) is 4.99 Å². The third kappa shape index (κ3) is 4.98. The van der Waals surface area contributed by atoms with E-state index < -0.39 is 11.6 Å². The van der Waals surface area contributed by atoms with Gasteiger partial charge in [0.15, 0.2) is 5.96 Å². The van der Waals surface area contributed by atoms with Crippen LogP contribution in [0.2, 0.25) is 0 Å². The van der Waals surface area contributed by atoms with Crippen molar-refractivity contribution in [3.8, 4) is 0 Å². The molecule has 0 heterocycles. The maximum absolute atomic E-state index is 14.0. The molecule has 0 aliphatic heterocycles. The third-order valence-electron chi connectivity index (χ3n) is 5.96. The smallest absolute Gasteiger partial charge is 0.191 e. The Kier molecular flexibility index (Phi) is 6.68. The van der Waals surface area contributed by atoms with Crippen molar-refractivity contribution in [1.82, 2.24) is 10.6 Å². The van der Waals surface area contributed by atoms with Gasteiger partial charge in [0.05, 0.1) is 0 Å². The maximum atomic E-state index is 14.0. The fourth-order valence-corrected chi connectivity index (χ4v) is 4.31. The van der Waals surface area contributed by atoms with Crippen molar-refractivity contribution in [2.24, 2.45) is 10.4 Å². The molecule has 6 heteroatoms. The van der Waals surface area contributed by atoms with Crippen LogP contribution >= 0.6 is 0 Å². The van der Waals surface area contributed by atoms with Gasteiger partial charge in [0, 0.05) is 37.2 Å². The van der Waals surface area contributed by atoms with Gasteiger partial charge in [0.2, 0.25) is 0 Å². The van der Waals surface area contributed by atoms with E-state index in [9.17, 15) is 13.9 Å². The molecule has 0 aromatic heterocycles. The molecule has 27 heavy (non-hydrogen) atoms. The third-order valence-corrected chi connectivity index (χ3v) is 5.96. The Balaban J connectivity index is 1.65. The van der Waals surface area contributed by atoms with Gasteiger partial charge < -0.3 is 15.7 Å². The molecule has 2 aliphatic carbocycles. The number of halogens is 2. The second kappa shape index (κ2) is 9.00. The van der Waals surface area contributed by atoms with Crippen LogP contribution in [0.25, 0.3) is 0 Å². The highest BCUT2D eigenvalue weighted by Crippen LogP contribution is 2.43. The molecule has 1 aromatic rings. The molecule has 1 aromatic carbocycles. The first-order chi connectivity index (χ1) is 13.1. The molecule has 2 atom stereocenters. The van der Waals surface area contributed by atoms with Crippen molar-refractivity contribution in [2.75, 3.05) is 19.7 Å². The quantitative estimate of drug-likeness (QED) is 0.500. The molecular weight excluding hydrogens is 348 g/mol. The summed E-state index contributed by atoms with van der Waals surface area (Å²) in [6, 6.07) is 4.02. The van der Waals surface area contributed by atoms with Gasteiger partial charge >= 0.3 is 0 Å². The SMILES string of the molecule is CCNC(=NCC1(CCO)CCCCC1)NC1CC1c1c(F)cccc1F. The van der Waals surface area contributed by atoms with Crippen LogP contribution < -0.4 is 10.6 Å². The zero-order chi connectivity index (χ0) is 19.3. The zero-order valence-corrected chi connectivity index (χ0v) is 16.1. The lowest BCUT2D eigenvalue weighted by atomic mass is 9.72. The first-order valence-electron chi connectivity index (χ1n) is 10.2. The lowest BCUT2D eigenvalue weighted by Crippen LogP contribution is -2.40. The number of hydrogen-bond donors (Lipinski definition) is 3. The van der Waals surface area contributed by atoms with Gasteiger partial charge in [0.1, 0.15) is 11.6 Å².